The van der Waals surface area contributed by atoms with Crippen LogP contribution in [-0.4, -0.2) is 53.6 Å². The van der Waals surface area contributed by atoms with Crippen molar-refractivity contribution in [3.05, 3.63) is 53.5 Å². The van der Waals surface area contributed by atoms with Crippen LogP contribution < -0.4 is 4.90 Å². The van der Waals surface area contributed by atoms with Gasteiger partial charge in [0.25, 0.3) is 5.91 Å². The van der Waals surface area contributed by atoms with Gasteiger partial charge in [-0.2, -0.15) is 13.2 Å². The van der Waals surface area contributed by atoms with Crippen LogP contribution in [0, 0.1) is 5.92 Å². The van der Waals surface area contributed by atoms with Gasteiger partial charge in [0.2, 0.25) is 5.95 Å². The first kappa shape index (κ1) is 22.0. The highest BCUT2D eigenvalue weighted by Gasteiger charge is 2.40. The van der Waals surface area contributed by atoms with Gasteiger partial charge in [-0.1, -0.05) is 25.7 Å². The quantitative estimate of drug-likeness (QED) is 0.738. The van der Waals surface area contributed by atoms with E-state index >= 15 is 0 Å². The molecule has 1 amide bonds. The first-order chi connectivity index (χ1) is 14.3. The van der Waals surface area contributed by atoms with Crippen molar-refractivity contribution in [2.24, 2.45) is 5.92 Å². The largest absolute Gasteiger partial charge is 0.434 e. The topological polar surface area (TPSA) is 58.6 Å². The van der Waals surface area contributed by atoms with Gasteiger partial charge in [0.05, 0.1) is 18.8 Å². The maximum absolute atomic E-state index is 13.8. The molecule has 0 N–H and O–H groups in total. The lowest BCUT2D eigenvalue weighted by Gasteiger charge is -2.34. The molecule has 1 saturated heterocycles. The molecule has 2 aliphatic heterocycles. The van der Waals surface area contributed by atoms with Crippen LogP contribution >= 0.6 is 0 Å². The highest BCUT2D eigenvalue weighted by atomic mass is 19.4. The molecule has 30 heavy (non-hydrogen) atoms. The fourth-order valence-corrected chi connectivity index (χ4v) is 3.68. The molecule has 9 heteroatoms. The molecule has 0 saturated carbocycles. The molecule has 1 fully saturated rings. The van der Waals surface area contributed by atoms with E-state index in [-0.39, 0.29) is 25.0 Å². The van der Waals surface area contributed by atoms with Gasteiger partial charge >= 0.3 is 6.18 Å². The molecule has 0 aliphatic carbocycles. The van der Waals surface area contributed by atoms with Crippen LogP contribution in [0.5, 0.6) is 0 Å². The van der Waals surface area contributed by atoms with Gasteiger partial charge in [0.15, 0.2) is 5.69 Å². The maximum Gasteiger partial charge on any atom is 0.434 e. The van der Waals surface area contributed by atoms with E-state index in [0.717, 1.165) is 18.2 Å². The summed E-state index contributed by atoms with van der Waals surface area (Å²) < 4.78 is 46.7. The Hall–Kier alpha value is -2.68. The highest BCUT2D eigenvalue weighted by Crippen LogP contribution is 2.35. The maximum atomic E-state index is 13.8. The Morgan fingerprint density at radius 1 is 1.30 bits per heavy atom. The summed E-state index contributed by atoms with van der Waals surface area (Å²) in [5.74, 6) is -0.602. The van der Waals surface area contributed by atoms with Crippen LogP contribution in [0.4, 0.5) is 19.1 Å². The zero-order chi connectivity index (χ0) is 21.9. The molecule has 3 heterocycles. The predicted molar refractivity (Wildman–Crippen MR) is 107 cm³/mol. The summed E-state index contributed by atoms with van der Waals surface area (Å²) in [4.78, 5) is 23.7. The lowest BCUT2D eigenvalue weighted by Crippen LogP contribution is -2.41. The van der Waals surface area contributed by atoms with Gasteiger partial charge in [-0.25, -0.2) is 9.97 Å². The molecule has 162 valence electrons. The van der Waals surface area contributed by atoms with Gasteiger partial charge in [-0.15, -0.1) is 0 Å². The number of nitrogens with zero attached hydrogens (tertiary/aromatic N) is 4. The standard InChI is InChI=1S/C21H25F3N4O2/c1-4-6-17-15(5-2)14(3)7-8-28(17)20-25-13-16(18(26-20)21(22,23)24)19(29)27-9-11-30-12-10-27/h4-6,13-14H,2,7-12H2,1,3H3/b6-4-. The Morgan fingerprint density at radius 3 is 2.60 bits per heavy atom. The minimum atomic E-state index is -4.79. The molecule has 1 aromatic heterocycles. The smallest absolute Gasteiger partial charge is 0.378 e. The van der Waals surface area contributed by atoms with Crippen molar-refractivity contribution in [2.75, 3.05) is 37.7 Å². The number of aromatic nitrogens is 2. The molecule has 1 atom stereocenters. The van der Waals surface area contributed by atoms with E-state index in [1.54, 1.807) is 11.0 Å². The fourth-order valence-electron chi connectivity index (χ4n) is 3.68. The number of hydrogen-bond acceptors (Lipinski definition) is 5. The van der Waals surface area contributed by atoms with Gasteiger partial charge < -0.3 is 14.5 Å². The molecular formula is C21H25F3N4O2. The number of morpholine rings is 1. The minimum Gasteiger partial charge on any atom is -0.378 e. The summed E-state index contributed by atoms with van der Waals surface area (Å²) in [6.07, 6.45) is 2.27. The number of allylic oxidation sites excluding steroid dienone is 4. The number of ether oxygens (including phenoxy) is 1. The number of hydrogen-bond donors (Lipinski definition) is 0. The lowest BCUT2D eigenvalue weighted by molar-refractivity contribution is -0.141. The average molecular weight is 422 g/mol. The number of carbonyl (C=O) groups excluding carboxylic acids is 1. The summed E-state index contributed by atoms with van der Waals surface area (Å²) in [7, 11) is 0. The molecule has 1 unspecified atom stereocenters. The van der Waals surface area contributed by atoms with Crippen molar-refractivity contribution in [2.45, 2.75) is 26.4 Å². The van der Waals surface area contributed by atoms with E-state index in [4.69, 9.17) is 4.74 Å². The fraction of sp³-hybridized carbons (Fsp3) is 0.476. The molecule has 3 rings (SSSR count). The van der Waals surface area contributed by atoms with Crippen molar-refractivity contribution < 1.29 is 22.7 Å². The second-order valence-corrected chi connectivity index (χ2v) is 7.22. The summed E-state index contributed by atoms with van der Waals surface area (Å²) in [5, 5.41) is 0. The van der Waals surface area contributed by atoms with Gasteiger partial charge in [-0.05, 0) is 30.9 Å². The Labute approximate surface area is 173 Å². The molecule has 2 aliphatic rings. The van der Waals surface area contributed by atoms with E-state index in [1.165, 1.54) is 4.90 Å². The SMILES string of the molecule is C=CC1=C(/C=C\C)N(c2ncc(C(=O)N3CCOCC3)c(C(F)(F)F)n2)CCC1C. The number of anilines is 1. The number of halogens is 3. The van der Waals surface area contributed by atoms with Crippen LogP contribution in [-0.2, 0) is 10.9 Å². The molecule has 0 radical (unpaired) electrons. The van der Waals surface area contributed by atoms with Crippen molar-refractivity contribution in [3.63, 3.8) is 0 Å². The Kier molecular flexibility index (Phi) is 6.60. The van der Waals surface area contributed by atoms with Crippen LogP contribution in [0.15, 0.2) is 42.3 Å². The number of rotatable bonds is 4. The minimum absolute atomic E-state index is 0.0831. The van der Waals surface area contributed by atoms with Crippen molar-refractivity contribution in [1.82, 2.24) is 14.9 Å². The molecule has 0 spiro atoms. The van der Waals surface area contributed by atoms with E-state index in [2.05, 4.69) is 16.5 Å². The van der Waals surface area contributed by atoms with E-state index < -0.39 is 23.3 Å². The second-order valence-electron chi connectivity index (χ2n) is 7.22. The van der Waals surface area contributed by atoms with E-state index in [9.17, 15) is 18.0 Å². The number of carbonyl (C=O) groups is 1. The van der Waals surface area contributed by atoms with E-state index in [1.807, 2.05) is 26.0 Å². The molecule has 6 nitrogen and oxygen atoms in total. The third-order valence-electron chi connectivity index (χ3n) is 5.26. The number of alkyl halides is 3. The molecular weight excluding hydrogens is 397 g/mol. The van der Waals surface area contributed by atoms with Crippen LogP contribution in [0.3, 0.4) is 0 Å². The molecule has 0 bridgehead atoms. The first-order valence-corrected chi connectivity index (χ1v) is 9.86. The molecule has 1 aromatic rings. The summed E-state index contributed by atoms with van der Waals surface area (Å²) >= 11 is 0. The second kappa shape index (κ2) is 8.99. The Bertz CT molecular complexity index is 873. The predicted octanol–water partition coefficient (Wildman–Crippen LogP) is 3.83. The van der Waals surface area contributed by atoms with Crippen molar-refractivity contribution in [3.8, 4) is 0 Å². The summed E-state index contributed by atoms with van der Waals surface area (Å²) in [6.45, 7) is 9.24. The normalized spacial score (nSPS) is 20.8. The van der Waals surface area contributed by atoms with Crippen LogP contribution in [0.1, 0.15) is 36.3 Å². The summed E-state index contributed by atoms with van der Waals surface area (Å²) in [6, 6.07) is 0. The van der Waals surface area contributed by atoms with Crippen LogP contribution in [0.25, 0.3) is 0 Å². The van der Waals surface area contributed by atoms with Crippen LogP contribution in [0.2, 0.25) is 0 Å². The average Bonchev–Trinajstić information content (AvgIpc) is 2.73. The first-order valence-electron chi connectivity index (χ1n) is 9.86. The van der Waals surface area contributed by atoms with Gasteiger partial charge in [0.1, 0.15) is 0 Å². The third kappa shape index (κ3) is 4.40. The summed E-state index contributed by atoms with van der Waals surface area (Å²) in [5.41, 5.74) is -0.127. The monoisotopic (exact) mass is 422 g/mol. The van der Waals surface area contributed by atoms with E-state index in [0.29, 0.717) is 25.5 Å². The zero-order valence-electron chi connectivity index (χ0n) is 17.1. The Morgan fingerprint density at radius 2 is 2.00 bits per heavy atom. The third-order valence-corrected chi connectivity index (χ3v) is 5.26. The number of amides is 1. The van der Waals surface area contributed by atoms with Crippen molar-refractivity contribution >= 4 is 11.9 Å². The van der Waals surface area contributed by atoms with Gasteiger partial charge in [0, 0.05) is 31.5 Å². The van der Waals surface area contributed by atoms with Gasteiger partial charge in [-0.3, -0.25) is 4.79 Å². The lowest BCUT2D eigenvalue weighted by atomic mass is 9.91. The molecule has 0 aromatic carbocycles. The Balaban J connectivity index is 2.06. The highest BCUT2D eigenvalue weighted by molar-refractivity contribution is 5.95. The zero-order valence-corrected chi connectivity index (χ0v) is 17.1. The van der Waals surface area contributed by atoms with Crippen molar-refractivity contribution in [1.29, 1.82) is 0 Å².